The SMILES string of the molecule is O=C(O)c1c(I)cnn1CCC(F)(F)F. The summed E-state index contributed by atoms with van der Waals surface area (Å²) >= 11 is 1.71. The summed E-state index contributed by atoms with van der Waals surface area (Å²) < 4.78 is 36.8. The average molecular weight is 334 g/mol. The molecule has 0 amide bonds. The highest BCUT2D eigenvalue weighted by Crippen LogP contribution is 2.21. The Labute approximate surface area is 96.2 Å². The van der Waals surface area contributed by atoms with E-state index in [0.29, 0.717) is 3.57 Å². The van der Waals surface area contributed by atoms with Gasteiger partial charge in [-0.25, -0.2) is 4.79 Å². The number of aryl methyl sites for hydroxylation is 1. The van der Waals surface area contributed by atoms with E-state index in [0.717, 1.165) is 4.68 Å². The van der Waals surface area contributed by atoms with E-state index in [1.807, 2.05) is 0 Å². The van der Waals surface area contributed by atoms with Crippen molar-refractivity contribution in [2.24, 2.45) is 0 Å². The molecule has 84 valence electrons. The van der Waals surface area contributed by atoms with Crippen LogP contribution in [0.1, 0.15) is 16.9 Å². The molecule has 0 spiro atoms. The molecule has 0 radical (unpaired) electrons. The van der Waals surface area contributed by atoms with Crippen LogP contribution in [0.2, 0.25) is 0 Å². The number of nitrogens with zero attached hydrogens (tertiary/aromatic N) is 2. The Morgan fingerprint density at radius 1 is 1.60 bits per heavy atom. The molecule has 1 aromatic rings. The van der Waals surface area contributed by atoms with Gasteiger partial charge in [0.25, 0.3) is 0 Å². The number of hydrogen-bond donors (Lipinski definition) is 1. The zero-order chi connectivity index (χ0) is 11.6. The number of carboxylic acid groups (broad SMARTS) is 1. The third kappa shape index (κ3) is 3.36. The highest BCUT2D eigenvalue weighted by molar-refractivity contribution is 14.1. The van der Waals surface area contributed by atoms with Crippen molar-refractivity contribution in [1.29, 1.82) is 0 Å². The van der Waals surface area contributed by atoms with E-state index in [9.17, 15) is 18.0 Å². The second-order valence-electron chi connectivity index (χ2n) is 2.73. The number of hydrogen-bond acceptors (Lipinski definition) is 2. The molecule has 0 aliphatic rings. The zero-order valence-electron chi connectivity index (χ0n) is 7.25. The van der Waals surface area contributed by atoms with Gasteiger partial charge in [-0.15, -0.1) is 0 Å². The van der Waals surface area contributed by atoms with E-state index >= 15 is 0 Å². The van der Waals surface area contributed by atoms with Crippen molar-refractivity contribution < 1.29 is 23.1 Å². The predicted octanol–water partition coefficient (Wildman–Crippen LogP) is 2.14. The smallest absolute Gasteiger partial charge is 0.390 e. The highest BCUT2D eigenvalue weighted by Gasteiger charge is 2.28. The summed E-state index contributed by atoms with van der Waals surface area (Å²) in [6.07, 6.45) is -4.18. The van der Waals surface area contributed by atoms with Gasteiger partial charge in [-0.2, -0.15) is 18.3 Å². The van der Waals surface area contributed by atoms with Crippen molar-refractivity contribution in [3.05, 3.63) is 15.5 Å². The number of halogens is 4. The number of carboxylic acids is 1. The molecule has 8 heteroatoms. The fraction of sp³-hybridized carbons (Fsp3) is 0.429. The van der Waals surface area contributed by atoms with Crippen LogP contribution < -0.4 is 0 Å². The van der Waals surface area contributed by atoms with Crippen molar-refractivity contribution in [2.75, 3.05) is 0 Å². The number of rotatable bonds is 3. The Kier molecular flexibility index (Phi) is 3.58. The Balaban J connectivity index is 2.82. The summed E-state index contributed by atoms with van der Waals surface area (Å²) in [6.45, 7) is -0.478. The first-order valence-corrected chi connectivity index (χ1v) is 4.90. The van der Waals surface area contributed by atoms with E-state index in [-0.39, 0.29) is 5.69 Å². The van der Waals surface area contributed by atoms with Gasteiger partial charge in [-0.1, -0.05) is 0 Å². The van der Waals surface area contributed by atoms with Crippen LogP contribution in [0.15, 0.2) is 6.20 Å². The van der Waals surface area contributed by atoms with Crippen LogP contribution >= 0.6 is 22.6 Å². The molecular formula is C7H6F3IN2O2. The van der Waals surface area contributed by atoms with Crippen LogP contribution in [0.5, 0.6) is 0 Å². The maximum absolute atomic E-state index is 11.9. The lowest BCUT2D eigenvalue weighted by molar-refractivity contribution is -0.137. The molecule has 15 heavy (non-hydrogen) atoms. The van der Waals surface area contributed by atoms with Gasteiger partial charge < -0.3 is 5.11 Å². The van der Waals surface area contributed by atoms with E-state index in [4.69, 9.17) is 5.11 Å². The summed E-state index contributed by atoms with van der Waals surface area (Å²) in [7, 11) is 0. The summed E-state index contributed by atoms with van der Waals surface area (Å²) in [4.78, 5) is 10.7. The minimum atomic E-state index is -4.31. The topological polar surface area (TPSA) is 55.1 Å². The third-order valence-corrected chi connectivity index (χ3v) is 2.39. The molecule has 0 fully saturated rings. The second-order valence-corrected chi connectivity index (χ2v) is 3.90. The maximum atomic E-state index is 11.9. The Hall–Kier alpha value is -0.800. The van der Waals surface area contributed by atoms with Crippen LogP contribution in [-0.2, 0) is 6.54 Å². The van der Waals surface area contributed by atoms with Crippen LogP contribution in [0.3, 0.4) is 0 Å². The van der Waals surface area contributed by atoms with Gasteiger partial charge in [0.2, 0.25) is 0 Å². The molecule has 0 saturated carbocycles. The molecule has 0 atom stereocenters. The molecule has 0 unspecified atom stereocenters. The van der Waals surface area contributed by atoms with Gasteiger partial charge in [0.05, 0.1) is 22.7 Å². The molecule has 1 heterocycles. The van der Waals surface area contributed by atoms with Crippen LogP contribution in [0.25, 0.3) is 0 Å². The lowest BCUT2D eigenvalue weighted by Gasteiger charge is -2.07. The Morgan fingerprint density at radius 2 is 2.20 bits per heavy atom. The number of aromatic carboxylic acids is 1. The quantitative estimate of drug-likeness (QED) is 0.862. The summed E-state index contributed by atoms with van der Waals surface area (Å²) in [6, 6.07) is 0. The molecule has 0 bridgehead atoms. The van der Waals surface area contributed by atoms with Crippen molar-refractivity contribution in [2.45, 2.75) is 19.1 Å². The van der Waals surface area contributed by atoms with Gasteiger partial charge in [0, 0.05) is 0 Å². The molecule has 0 aliphatic heterocycles. The van der Waals surface area contributed by atoms with Gasteiger partial charge in [-0.05, 0) is 22.6 Å². The fourth-order valence-electron chi connectivity index (χ4n) is 0.977. The average Bonchev–Trinajstić information content (AvgIpc) is 2.42. The Morgan fingerprint density at radius 3 is 2.67 bits per heavy atom. The fourth-order valence-corrected chi connectivity index (χ4v) is 1.61. The standard InChI is InChI=1S/C7H6F3IN2O2/c8-7(9,10)1-2-13-5(6(14)15)4(11)3-12-13/h3H,1-2H2,(H,14,15). The molecule has 0 aromatic carbocycles. The van der Waals surface area contributed by atoms with Crippen LogP contribution in [0, 0.1) is 3.57 Å². The van der Waals surface area contributed by atoms with Crippen LogP contribution in [0.4, 0.5) is 13.2 Å². The minimum absolute atomic E-state index is 0.208. The number of aromatic nitrogens is 2. The van der Waals surface area contributed by atoms with E-state index in [2.05, 4.69) is 5.10 Å². The normalized spacial score (nSPS) is 11.7. The Bertz CT molecular complexity index is 375. The van der Waals surface area contributed by atoms with E-state index in [1.165, 1.54) is 6.20 Å². The first kappa shape index (κ1) is 12.3. The minimum Gasteiger partial charge on any atom is -0.476 e. The van der Waals surface area contributed by atoms with Crippen molar-refractivity contribution in [3.8, 4) is 0 Å². The van der Waals surface area contributed by atoms with E-state index < -0.39 is 25.1 Å². The number of carbonyl (C=O) groups is 1. The highest BCUT2D eigenvalue weighted by atomic mass is 127. The van der Waals surface area contributed by atoms with E-state index in [1.54, 1.807) is 22.6 Å². The first-order chi connectivity index (χ1) is 6.81. The first-order valence-electron chi connectivity index (χ1n) is 3.82. The van der Waals surface area contributed by atoms with Crippen molar-refractivity contribution in [1.82, 2.24) is 9.78 Å². The van der Waals surface area contributed by atoms with Gasteiger partial charge in [0.1, 0.15) is 0 Å². The predicted molar refractivity (Wildman–Crippen MR) is 52.6 cm³/mol. The lowest BCUT2D eigenvalue weighted by atomic mass is 10.4. The van der Waals surface area contributed by atoms with Crippen molar-refractivity contribution in [3.63, 3.8) is 0 Å². The summed E-state index contributed by atoms with van der Waals surface area (Å²) in [5.74, 6) is -1.28. The third-order valence-electron chi connectivity index (χ3n) is 1.60. The van der Waals surface area contributed by atoms with Gasteiger partial charge >= 0.3 is 12.1 Å². The second kappa shape index (κ2) is 4.37. The molecule has 0 aliphatic carbocycles. The largest absolute Gasteiger partial charge is 0.476 e. The monoisotopic (exact) mass is 334 g/mol. The maximum Gasteiger partial charge on any atom is 0.390 e. The molecule has 4 nitrogen and oxygen atoms in total. The summed E-state index contributed by atoms with van der Waals surface area (Å²) in [5, 5.41) is 12.3. The molecule has 1 N–H and O–H groups in total. The van der Waals surface area contributed by atoms with Crippen molar-refractivity contribution >= 4 is 28.6 Å². The summed E-state index contributed by atoms with van der Waals surface area (Å²) in [5.41, 5.74) is -0.208. The molecular weight excluding hydrogens is 328 g/mol. The van der Waals surface area contributed by atoms with Gasteiger partial charge in [-0.3, -0.25) is 4.68 Å². The molecule has 1 rings (SSSR count). The lowest BCUT2D eigenvalue weighted by Crippen LogP contribution is -2.17. The van der Waals surface area contributed by atoms with Gasteiger partial charge in [0.15, 0.2) is 5.69 Å². The molecule has 0 saturated heterocycles. The molecule has 1 aromatic heterocycles. The number of alkyl halides is 3. The van der Waals surface area contributed by atoms with Crippen LogP contribution in [-0.4, -0.2) is 27.0 Å². The zero-order valence-corrected chi connectivity index (χ0v) is 9.41.